The van der Waals surface area contributed by atoms with E-state index in [4.69, 9.17) is 11.6 Å². The number of halogens is 2. The number of benzene rings is 1. The number of carbonyl (C=O) groups is 1. The molecule has 0 heterocycles. The standard InChI is InChI=1S/C8H7BrClNOS/c1-5(12)11-13-6-2-3-7(9)8(10)4-6/h2-4H,1H3,(H,11,12). The highest BCUT2D eigenvalue weighted by molar-refractivity contribution is 9.10. The van der Waals surface area contributed by atoms with Crippen molar-refractivity contribution in [2.24, 2.45) is 0 Å². The monoisotopic (exact) mass is 279 g/mol. The average molecular weight is 281 g/mol. The van der Waals surface area contributed by atoms with Crippen molar-refractivity contribution in [2.45, 2.75) is 11.8 Å². The Morgan fingerprint density at radius 2 is 2.31 bits per heavy atom. The predicted octanol–water partition coefficient (Wildman–Crippen LogP) is 3.25. The summed E-state index contributed by atoms with van der Waals surface area (Å²) in [6, 6.07) is 5.50. The molecule has 0 aromatic heterocycles. The molecule has 1 rings (SSSR count). The Kier molecular flexibility index (Phi) is 4.09. The molecule has 0 aliphatic rings. The molecule has 0 atom stereocenters. The molecule has 1 aromatic carbocycles. The van der Waals surface area contributed by atoms with E-state index in [-0.39, 0.29) is 5.91 Å². The van der Waals surface area contributed by atoms with Crippen molar-refractivity contribution in [3.63, 3.8) is 0 Å². The van der Waals surface area contributed by atoms with Gasteiger partial charge in [-0.2, -0.15) is 0 Å². The lowest BCUT2D eigenvalue weighted by Gasteiger charge is -2.02. The zero-order chi connectivity index (χ0) is 9.84. The third kappa shape index (κ3) is 3.58. The third-order valence-electron chi connectivity index (χ3n) is 1.20. The van der Waals surface area contributed by atoms with Crippen LogP contribution < -0.4 is 4.72 Å². The van der Waals surface area contributed by atoms with Crippen LogP contribution in [0.4, 0.5) is 0 Å². The molecule has 0 saturated carbocycles. The van der Waals surface area contributed by atoms with Gasteiger partial charge in [0.1, 0.15) is 0 Å². The fraction of sp³-hybridized carbons (Fsp3) is 0.125. The zero-order valence-electron chi connectivity index (χ0n) is 6.80. The topological polar surface area (TPSA) is 29.1 Å². The number of hydrogen-bond acceptors (Lipinski definition) is 2. The van der Waals surface area contributed by atoms with E-state index in [9.17, 15) is 4.79 Å². The molecular formula is C8H7BrClNOS. The average Bonchev–Trinajstić information content (AvgIpc) is 2.07. The summed E-state index contributed by atoms with van der Waals surface area (Å²) in [6.07, 6.45) is 0. The van der Waals surface area contributed by atoms with Crippen molar-refractivity contribution in [3.8, 4) is 0 Å². The van der Waals surface area contributed by atoms with Crippen LogP contribution in [0.5, 0.6) is 0 Å². The van der Waals surface area contributed by atoms with Gasteiger partial charge in [0, 0.05) is 16.3 Å². The Hall–Kier alpha value is -0.190. The van der Waals surface area contributed by atoms with E-state index in [2.05, 4.69) is 20.7 Å². The first-order valence-corrected chi connectivity index (χ1v) is 5.47. The maximum Gasteiger partial charge on any atom is 0.226 e. The van der Waals surface area contributed by atoms with Crippen LogP contribution >= 0.6 is 39.5 Å². The van der Waals surface area contributed by atoms with E-state index in [0.717, 1.165) is 9.37 Å². The molecule has 1 N–H and O–H groups in total. The molecule has 1 aromatic rings. The van der Waals surface area contributed by atoms with Gasteiger partial charge >= 0.3 is 0 Å². The van der Waals surface area contributed by atoms with E-state index < -0.39 is 0 Å². The molecule has 13 heavy (non-hydrogen) atoms. The van der Waals surface area contributed by atoms with Crippen molar-refractivity contribution in [1.82, 2.24) is 4.72 Å². The van der Waals surface area contributed by atoms with Crippen LogP contribution in [0.25, 0.3) is 0 Å². The van der Waals surface area contributed by atoms with Gasteiger partial charge in [-0.15, -0.1) is 0 Å². The largest absolute Gasteiger partial charge is 0.296 e. The minimum Gasteiger partial charge on any atom is -0.296 e. The smallest absolute Gasteiger partial charge is 0.226 e. The van der Waals surface area contributed by atoms with Gasteiger partial charge in [0.2, 0.25) is 5.91 Å². The lowest BCUT2D eigenvalue weighted by atomic mass is 10.4. The highest BCUT2D eigenvalue weighted by atomic mass is 79.9. The first-order valence-electron chi connectivity index (χ1n) is 3.48. The predicted molar refractivity (Wildman–Crippen MR) is 58.8 cm³/mol. The zero-order valence-corrected chi connectivity index (χ0v) is 9.96. The normalized spacial score (nSPS) is 9.77. The molecule has 0 aliphatic carbocycles. The molecule has 0 spiro atoms. The van der Waals surface area contributed by atoms with Gasteiger partial charge in [0.15, 0.2) is 0 Å². The number of hydrogen-bond donors (Lipinski definition) is 1. The molecule has 1 amide bonds. The summed E-state index contributed by atoms with van der Waals surface area (Å²) in [5, 5.41) is 0.635. The van der Waals surface area contributed by atoms with Crippen molar-refractivity contribution >= 4 is 45.4 Å². The molecule has 0 fully saturated rings. The van der Waals surface area contributed by atoms with Gasteiger partial charge in [-0.25, -0.2) is 0 Å². The minimum atomic E-state index is -0.0796. The summed E-state index contributed by atoms with van der Waals surface area (Å²) >= 11 is 10.4. The van der Waals surface area contributed by atoms with Crippen LogP contribution in [0.2, 0.25) is 5.02 Å². The maximum atomic E-state index is 10.6. The fourth-order valence-corrected chi connectivity index (χ4v) is 1.74. The third-order valence-corrected chi connectivity index (χ3v) is 3.32. The van der Waals surface area contributed by atoms with Crippen LogP contribution in [0.1, 0.15) is 6.92 Å². The van der Waals surface area contributed by atoms with Crippen molar-refractivity contribution < 1.29 is 4.79 Å². The van der Waals surface area contributed by atoms with Crippen LogP contribution in [0.15, 0.2) is 27.6 Å². The summed E-state index contributed by atoms with van der Waals surface area (Å²) in [5.74, 6) is -0.0796. The summed E-state index contributed by atoms with van der Waals surface area (Å²) < 4.78 is 3.46. The van der Waals surface area contributed by atoms with E-state index in [0.29, 0.717) is 5.02 Å². The van der Waals surface area contributed by atoms with E-state index >= 15 is 0 Å². The highest BCUT2D eigenvalue weighted by Crippen LogP contribution is 2.26. The summed E-state index contributed by atoms with van der Waals surface area (Å²) in [5.41, 5.74) is 0. The van der Waals surface area contributed by atoms with Gasteiger partial charge in [-0.1, -0.05) is 11.6 Å². The second kappa shape index (κ2) is 4.88. The van der Waals surface area contributed by atoms with Gasteiger partial charge in [0.25, 0.3) is 0 Å². The minimum absolute atomic E-state index is 0.0796. The van der Waals surface area contributed by atoms with Crippen molar-refractivity contribution in [2.75, 3.05) is 0 Å². The van der Waals surface area contributed by atoms with Gasteiger partial charge < -0.3 is 0 Å². The van der Waals surface area contributed by atoms with E-state index in [1.807, 2.05) is 12.1 Å². The van der Waals surface area contributed by atoms with Gasteiger partial charge in [-0.05, 0) is 46.1 Å². The van der Waals surface area contributed by atoms with Gasteiger partial charge in [0.05, 0.1) is 5.02 Å². The molecular weight excluding hydrogens is 274 g/mol. The summed E-state index contributed by atoms with van der Waals surface area (Å²) in [6.45, 7) is 1.47. The molecule has 70 valence electrons. The van der Waals surface area contributed by atoms with Crippen molar-refractivity contribution in [1.29, 1.82) is 0 Å². The maximum absolute atomic E-state index is 10.6. The van der Waals surface area contributed by atoms with Crippen LogP contribution in [-0.2, 0) is 4.79 Å². The second-order valence-electron chi connectivity index (χ2n) is 2.34. The Morgan fingerprint density at radius 3 is 2.85 bits per heavy atom. The summed E-state index contributed by atoms with van der Waals surface area (Å²) in [4.78, 5) is 11.5. The van der Waals surface area contributed by atoms with Gasteiger partial charge in [-0.3, -0.25) is 9.52 Å². The molecule has 0 unspecified atom stereocenters. The Labute approximate surface area is 94.3 Å². The SMILES string of the molecule is CC(=O)NSc1ccc(Br)c(Cl)c1. The molecule has 2 nitrogen and oxygen atoms in total. The van der Waals surface area contributed by atoms with E-state index in [1.165, 1.54) is 18.9 Å². The molecule has 0 saturated heterocycles. The Morgan fingerprint density at radius 1 is 1.62 bits per heavy atom. The fourth-order valence-electron chi connectivity index (χ4n) is 0.671. The first kappa shape index (κ1) is 10.9. The molecule has 0 radical (unpaired) electrons. The Bertz CT molecular complexity index is 332. The molecule has 0 bridgehead atoms. The van der Waals surface area contributed by atoms with Crippen LogP contribution in [-0.4, -0.2) is 5.91 Å². The highest BCUT2D eigenvalue weighted by Gasteiger charge is 2.00. The summed E-state index contributed by atoms with van der Waals surface area (Å²) in [7, 11) is 0. The quantitative estimate of drug-likeness (QED) is 0.843. The number of rotatable bonds is 2. The second-order valence-corrected chi connectivity index (χ2v) is 4.48. The van der Waals surface area contributed by atoms with Crippen LogP contribution in [0.3, 0.4) is 0 Å². The first-order chi connectivity index (χ1) is 6.09. The van der Waals surface area contributed by atoms with E-state index in [1.54, 1.807) is 6.07 Å². The number of amides is 1. The molecule has 5 heteroatoms. The lowest BCUT2D eigenvalue weighted by Crippen LogP contribution is -2.09. The number of nitrogens with one attached hydrogen (secondary N) is 1. The molecule has 0 aliphatic heterocycles. The number of carbonyl (C=O) groups excluding carboxylic acids is 1. The Balaban J connectivity index is 2.68. The van der Waals surface area contributed by atoms with Crippen molar-refractivity contribution in [3.05, 3.63) is 27.7 Å². The van der Waals surface area contributed by atoms with Crippen LogP contribution in [0, 0.1) is 0 Å². The lowest BCUT2D eigenvalue weighted by molar-refractivity contribution is -0.117.